The molecule has 3 aromatic rings. The van der Waals surface area contributed by atoms with E-state index in [1.165, 1.54) is 11.1 Å². The minimum Gasteiger partial charge on any atom is -0.368 e. The number of rotatable bonds is 4. The Hall–Kier alpha value is -1.74. The largest absolute Gasteiger partial charge is 0.368 e. The van der Waals surface area contributed by atoms with Crippen molar-refractivity contribution in [1.82, 2.24) is 20.1 Å². The summed E-state index contributed by atoms with van der Waals surface area (Å²) in [4.78, 5) is 24.9. The summed E-state index contributed by atoms with van der Waals surface area (Å²) in [6.07, 6.45) is 0.927. The number of aromatic nitrogens is 1. The standard InChI is InChI=1S/C27H31N5OS.3ClH/c33-27(32-14-15-34-19-32)25-16-21(18-28-25)30-10-12-31(13-11-30)26-17-24(20-6-2-1-3-7-20)29-23-9-5-4-8-22(23)26;;;/h1-9,17,21,25,28H,10-16,18-19H2;3*1H/t21-,25-;;;/m0.../s1. The number of amides is 1. The van der Waals surface area contributed by atoms with Crippen LogP contribution >= 0.6 is 49.0 Å². The van der Waals surface area contributed by atoms with Crippen LogP contribution in [0.15, 0.2) is 60.7 Å². The number of piperazine rings is 1. The molecule has 10 heteroatoms. The minimum absolute atomic E-state index is 0. The Kier molecular flexibility index (Phi) is 10.8. The minimum atomic E-state index is -0.0145. The van der Waals surface area contributed by atoms with Gasteiger partial charge in [-0.25, -0.2) is 4.98 Å². The lowest BCUT2D eigenvalue weighted by Crippen LogP contribution is -2.51. The Bertz CT molecular complexity index is 1170. The first-order valence-electron chi connectivity index (χ1n) is 12.3. The molecule has 0 unspecified atom stereocenters. The molecular weight excluding hydrogens is 549 g/mol. The van der Waals surface area contributed by atoms with Gasteiger partial charge in [0.25, 0.3) is 0 Å². The summed E-state index contributed by atoms with van der Waals surface area (Å²) in [7, 11) is 0. The van der Waals surface area contributed by atoms with E-state index >= 15 is 0 Å². The molecule has 37 heavy (non-hydrogen) atoms. The molecule has 200 valence electrons. The molecule has 3 saturated heterocycles. The van der Waals surface area contributed by atoms with Crippen molar-refractivity contribution in [3.8, 4) is 11.3 Å². The normalized spacial score (nSPS) is 21.7. The van der Waals surface area contributed by atoms with E-state index in [-0.39, 0.29) is 43.3 Å². The second-order valence-corrected chi connectivity index (χ2v) is 10.5. The second kappa shape index (κ2) is 13.4. The van der Waals surface area contributed by atoms with E-state index in [1.807, 2.05) is 22.7 Å². The first kappa shape index (κ1) is 29.8. The third kappa shape index (κ3) is 6.29. The second-order valence-electron chi connectivity index (χ2n) is 9.42. The molecular formula is C27H34Cl3N5OS. The van der Waals surface area contributed by atoms with E-state index in [4.69, 9.17) is 4.98 Å². The monoisotopic (exact) mass is 581 g/mol. The fourth-order valence-electron chi connectivity index (χ4n) is 5.49. The van der Waals surface area contributed by atoms with Crippen LogP contribution in [0.25, 0.3) is 22.2 Å². The van der Waals surface area contributed by atoms with E-state index in [9.17, 15) is 4.79 Å². The third-order valence-corrected chi connectivity index (χ3v) is 8.37. The van der Waals surface area contributed by atoms with Crippen molar-refractivity contribution in [2.24, 2.45) is 0 Å². The number of anilines is 1. The summed E-state index contributed by atoms with van der Waals surface area (Å²) in [5, 5.41) is 4.72. The molecule has 0 saturated carbocycles. The molecule has 4 heterocycles. The molecule has 6 nitrogen and oxygen atoms in total. The highest BCUT2D eigenvalue weighted by Gasteiger charge is 2.36. The average Bonchev–Trinajstić information content (AvgIpc) is 3.61. The lowest BCUT2D eigenvalue weighted by Gasteiger charge is -2.39. The van der Waals surface area contributed by atoms with Crippen molar-refractivity contribution >= 4 is 71.5 Å². The molecule has 1 N–H and O–H groups in total. The zero-order valence-electron chi connectivity index (χ0n) is 20.6. The summed E-state index contributed by atoms with van der Waals surface area (Å²) in [5.74, 6) is 2.22. The van der Waals surface area contributed by atoms with Gasteiger partial charge in [0.1, 0.15) is 0 Å². The Labute approximate surface area is 241 Å². The number of benzene rings is 2. The topological polar surface area (TPSA) is 51.7 Å². The van der Waals surface area contributed by atoms with Crippen LogP contribution in [-0.2, 0) is 4.79 Å². The lowest BCUT2D eigenvalue weighted by molar-refractivity contribution is -0.131. The Morgan fingerprint density at radius 2 is 1.65 bits per heavy atom. The zero-order chi connectivity index (χ0) is 22.9. The Morgan fingerprint density at radius 1 is 0.919 bits per heavy atom. The third-order valence-electron chi connectivity index (χ3n) is 7.41. The van der Waals surface area contributed by atoms with Crippen molar-refractivity contribution in [2.45, 2.75) is 18.5 Å². The van der Waals surface area contributed by atoms with Crippen molar-refractivity contribution in [2.75, 3.05) is 55.8 Å². The van der Waals surface area contributed by atoms with Gasteiger partial charge in [0.2, 0.25) is 5.91 Å². The van der Waals surface area contributed by atoms with E-state index < -0.39 is 0 Å². The van der Waals surface area contributed by atoms with Crippen LogP contribution < -0.4 is 10.2 Å². The van der Waals surface area contributed by atoms with Crippen LogP contribution in [-0.4, -0.2) is 83.7 Å². The van der Waals surface area contributed by atoms with Gasteiger partial charge >= 0.3 is 0 Å². The molecule has 2 atom stereocenters. The van der Waals surface area contributed by atoms with Crippen LogP contribution in [0.5, 0.6) is 0 Å². The summed E-state index contributed by atoms with van der Waals surface area (Å²) in [6, 6.07) is 21.6. The zero-order valence-corrected chi connectivity index (χ0v) is 23.9. The van der Waals surface area contributed by atoms with Crippen LogP contribution in [0.4, 0.5) is 5.69 Å². The summed E-state index contributed by atoms with van der Waals surface area (Å²) in [5.41, 5.74) is 4.49. The molecule has 0 aliphatic carbocycles. The van der Waals surface area contributed by atoms with Crippen molar-refractivity contribution in [3.05, 3.63) is 60.7 Å². The molecule has 6 rings (SSSR count). The van der Waals surface area contributed by atoms with Gasteiger partial charge in [0.05, 0.1) is 23.1 Å². The van der Waals surface area contributed by atoms with Crippen LogP contribution in [0.3, 0.4) is 0 Å². The highest BCUT2D eigenvalue weighted by Crippen LogP contribution is 2.32. The van der Waals surface area contributed by atoms with Gasteiger partial charge in [0.15, 0.2) is 0 Å². The first-order chi connectivity index (χ1) is 16.8. The number of thioether (sulfide) groups is 1. The maximum Gasteiger partial charge on any atom is 0.240 e. The highest BCUT2D eigenvalue weighted by atomic mass is 35.5. The fraction of sp³-hybridized carbons (Fsp3) is 0.407. The van der Waals surface area contributed by atoms with Crippen molar-refractivity contribution in [3.63, 3.8) is 0 Å². The molecule has 0 bridgehead atoms. The molecule has 3 aliphatic rings. The van der Waals surface area contributed by atoms with Gasteiger partial charge in [-0.2, -0.15) is 0 Å². The number of carbonyl (C=O) groups excluding carboxylic acids is 1. The maximum absolute atomic E-state index is 12.8. The van der Waals surface area contributed by atoms with Gasteiger partial charge in [-0.3, -0.25) is 9.69 Å². The smallest absolute Gasteiger partial charge is 0.240 e. The van der Waals surface area contributed by atoms with Gasteiger partial charge in [0, 0.05) is 67.7 Å². The molecule has 0 radical (unpaired) electrons. The van der Waals surface area contributed by atoms with Crippen LogP contribution in [0, 0.1) is 0 Å². The molecule has 3 fully saturated rings. The number of hydrogen-bond acceptors (Lipinski definition) is 6. The summed E-state index contributed by atoms with van der Waals surface area (Å²) < 4.78 is 0. The number of carbonyl (C=O) groups is 1. The van der Waals surface area contributed by atoms with Gasteiger partial charge in [-0.1, -0.05) is 48.5 Å². The van der Waals surface area contributed by atoms with Crippen molar-refractivity contribution in [1.29, 1.82) is 0 Å². The van der Waals surface area contributed by atoms with Gasteiger partial charge in [-0.05, 0) is 18.6 Å². The van der Waals surface area contributed by atoms with E-state index in [0.29, 0.717) is 11.9 Å². The summed E-state index contributed by atoms with van der Waals surface area (Å²) in [6.45, 7) is 5.82. The molecule has 2 aromatic carbocycles. The number of para-hydroxylation sites is 1. The SMILES string of the molecule is Cl.Cl.Cl.O=C([C@@H]1C[C@H](N2CCN(c3cc(-c4ccccc4)nc4ccccc34)CC2)CN1)N1CCSC1. The summed E-state index contributed by atoms with van der Waals surface area (Å²) >= 11 is 1.85. The maximum atomic E-state index is 12.8. The Balaban J connectivity index is 0.00000127. The number of pyridine rings is 1. The van der Waals surface area contributed by atoms with Gasteiger partial charge < -0.3 is 15.1 Å². The molecule has 0 spiro atoms. The van der Waals surface area contributed by atoms with Crippen LogP contribution in [0.2, 0.25) is 0 Å². The fourth-order valence-corrected chi connectivity index (χ4v) is 6.45. The van der Waals surface area contributed by atoms with E-state index in [2.05, 4.69) is 69.7 Å². The Morgan fingerprint density at radius 3 is 2.38 bits per heavy atom. The van der Waals surface area contributed by atoms with E-state index in [0.717, 1.165) is 74.1 Å². The average molecular weight is 583 g/mol. The predicted octanol–water partition coefficient (Wildman–Crippen LogP) is 4.55. The quantitative estimate of drug-likeness (QED) is 0.487. The number of fused-ring (bicyclic) bond motifs is 1. The first-order valence-corrected chi connectivity index (χ1v) is 13.5. The van der Waals surface area contributed by atoms with E-state index in [1.54, 1.807) is 0 Å². The number of halogens is 3. The number of hydrogen-bond donors (Lipinski definition) is 1. The van der Waals surface area contributed by atoms with Gasteiger partial charge in [-0.15, -0.1) is 49.0 Å². The predicted molar refractivity (Wildman–Crippen MR) is 162 cm³/mol. The number of nitrogens with one attached hydrogen (secondary N) is 1. The lowest BCUT2D eigenvalue weighted by atomic mass is 10.1. The van der Waals surface area contributed by atoms with Crippen molar-refractivity contribution < 1.29 is 4.79 Å². The molecule has 3 aliphatic heterocycles. The van der Waals surface area contributed by atoms with Crippen LogP contribution in [0.1, 0.15) is 6.42 Å². The number of nitrogens with zero attached hydrogens (tertiary/aromatic N) is 4. The molecule has 1 amide bonds. The molecule has 1 aromatic heterocycles. The highest BCUT2D eigenvalue weighted by molar-refractivity contribution is 7.99.